The molecular formula is C17H27N3O. The van der Waals surface area contributed by atoms with Crippen LogP contribution in [0.1, 0.15) is 33.1 Å². The Labute approximate surface area is 127 Å². The van der Waals surface area contributed by atoms with Crippen molar-refractivity contribution < 1.29 is 4.74 Å². The first kappa shape index (κ1) is 14.5. The van der Waals surface area contributed by atoms with Crippen LogP contribution < -0.4 is 15.4 Å². The minimum atomic E-state index is 0.539. The van der Waals surface area contributed by atoms with E-state index in [1.54, 1.807) is 0 Å². The van der Waals surface area contributed by atoms with E-state index in [2.05, 4.69) is 28.9 Å². The fraction of sp³-hybridized carbons (Fsp3) is 0.647. The molecule has 0 aromatic heterocycles. The van der Waals surface area contributed by atoms with Crippen LogP contribution in [0.3, 0.4) is 0 Å². The molecule has 0 aliphatic carbocycles. The average molecular weight is 289 g/mol. The molecule has 2 unspecified atom stereocenters. The van der Waals surface area contributed by atoms with Crippen molar-refractivity contribution >= 4 is 11.4 Å². The fourth-order valence-corrected chi connectivity index (χ4v) is 3.69. The van der Waals surface area contributed by atoms with E-state index in [4.69, 9.17) is 10.5 Å². The summed E-state index contributed by atoms with van der Waals surface area (Å²) in [4.78, 5) is 5.19. The van der Waals surface area contributed by atoms with Crippen LogP contribution in [0.4, 0.5) is 11.4 Å². The molecule has 116 valence electrons. The quantitative estimate of drug-likeness (QED) is 0.869. The van der Waals surface area contributed by atoms with Crippen molar-refractivity contribution in [2.24, 2.45) is 0 Å². The van der Waals surface area contributed by atoms with Crippen LogP contribution in [-0.4, -0.2) is 43.2 Å². The van der Waals surface area contributed by atoms with Crippen LogP contribution in [0.2, 0.25) is 0 Å². The highest BCUT2D eigenvalue weighted by atomic mass is 16.5. The molecule has 2 heterocycles. The molecule has 0 bridgehead atoms. The number of rotatable bonds is 3. The highest BCUT2D eigenvalue weighted by Crippen LogP contribution is 2.32. The number of nitrogens with two attached hydrogens (primary N) is 1. The number of nitrogen functional groups attached to an aromatic ring is 1. The summed E-state index contributed by atoms with van der Waals surface area (Å²) >= 11 is 0. The summed E-state index contributed by atoms with van der Waals surface area (Å²) < 4.78 is 5.65. The summed E-state index contributed by atoms with van der Waals surface area (Å²) in [5, 5.41) is 0. The second-order valence-corrected chi connectivity index (χ2v) is 6.30. The van der Waals surface area contributed by atoms with Crippen molar-refractivity contribution in [1.29, 1.82) is 0 Å². The minimum absolute atomic E-state index is 0.539. The van der Waals surface area contributed by atoms with E-state index in [0.29, 0.717) is 18.7 Å². The summed E-state index contributed by atoms with van der Waals surface area (Å²) in [5.74, 6) is 0.813. The Morgan fingerprint density at radius 2 is 2.14 bits per heavy atom. The first-order chi connectivity index (χ1) is 10.2. The lowest BCUT2D eigenvalue weighted by Crippen LogP contribution is -2.58. The van der Waals surface area contributed by atoms with E-state index in [1.165, 1.54) is 38.0 Å². The van der Waals surface area contributed by atoms with Gasteiger partial charge < -0.3 is 15.4 Å². The van der Waals surface area contributed by atoms with Crippen LogP contribution in [0.15, 0.2) is 18.2 Å². The number of hydrogen-bond donors (Lipinski definition) is 1. The Hall–Kier alpha value is -1.42. The number of piperidine rings is 1. The molecule has 2 N–H and O–H groups in total. The smallest absolute Gasteiger partial charge is 0.144 e. The Kier molecular flexibility index (Phi) is 4.24. The second kappa shape index (κ2) is 6.14. The molecule has 4 nitrogen and oxygen atoms in total. The van der Waals surface area contributed by atoms with Crippen LogP contribution in [0, 0.1) is 0 Å². The molecule has 2 aliphatic rings. The molecule has 2 atom stereocenters. The van der Waals surface area contributed by atoms with Gasteiger partial charge in [0.25, 0.3) is 0 Å². The topological polar surface area (TPSA) is 41.7 Å². The number of piperazine rings is 1. The summed E-state index contributed by atoms with van der Waals surface area (Å²) in [5.41, 5.74) is 7.96. The predicted octanol–water partition coefficient (Wildman–Crippen LogP) is 2.73. The lowest BCUT2D eigenvalue weighted by molar-refractivity contribution is 0.115. The second-order valence-electron chi connectivity index (χ2n) is 6.30. The number of hydrogen-bond acceptors (Lipinski definition) is 4. The lowest BCUT2D eigenvalue weighted by atomic mass is 9.96. The Balaban J connectivity index is 1.80. The number of nitrogens with zero attached hydrogens (tertiary/aromatic N) is 2. The van der Waals surface area contributed by atoms with Crippen molar-refractivity contribution in [2.75, 3.05) is 36.9 Å². The Bertz CT molecular complexity index is 491. The predicted molar refractivity (Wildman–Crippen MR) is 88.0 cm³/mol. The summed E-state index contributed by atoms with van der Waals surface area (Å²) in [6.07, 6.45) is 4.06. The zero-order valence-corrected chi connectivity index (χ0v) is 13.2. The van der Waals surface area contributed by atoms with Gasteiger partial charge in [-0.1, -0.05) is 6.42 Å². The van der Waals surface area contributed by atoms with Crippen molar-refractivity contribution in [3.8, 4) is 5.75 Å². The van der Waals surface area contributed by atoms with Crippen molar-refractivity contribution in [3.63, 3.8) is 0 Å². The van der Waals surface area contributed by atoms with Gasteiger partial charge in [-0.2, -0.15) is 0 Å². The Morgan fingerprint density at radius 1 is 1.29 bits per heavy atom. The molecule has 21 heavy (non-hydrogen) atoms. The lowest BCUT2D eigenvalue weighted by Gasteiger charge is -2.48. The molecule has 0 saturated carbocycles. The SMILES string of the molecule is CCOc1cc(N2CC3CCCCN3CC2C)ccc1N. The molecule has 2 saturated heterocycles. The van der Waals surface area contributed by atoms with Gasteiger partial charge in [0.2, 0.25) is 0 Å². The van der Waals surface area contributed by atoms with E-state index in [0.717, 1.165) is 18.0 Å². The molecule has 2 fully saturated rings. The molecule has 0 spiro atoms. The third kappa shape index (κ3) is 2.95. The first-order valence-electron chi connectivity index (χ1n) is 8.22. The zero-order valence-electron chi connectivity index (χ0n) is 13.2. The number of benzene rings is 1. The van der Waals surface area contributed by atoms with Gasteiger partial charge in [0, 0.05) is 36.9 Å². The van der Waals surface area contributed by atoms with E-state index in [-0.39, 0.29) is 0 Å². The molecule has 1 aromatic rings. The molecule has 0 radical (unpaired) electrons. The molecule has 1 aromatic carbocycles. The van der Waals surface area contributed by atoms with Gasteiger partial charge in [0.1, 0.15) is 5.75 Å². The van der Waals surface area contributed by atoms with Crippen molar-refractivity contribution in [3.05, 3.63) is 18.2 Å². The maximum absolute atomic E-state index is 5.99. The highest BCUT2D eigenvalue weighted by Gasteiger charge is 2.33. The average Bonchev–Trinajstić information content (AvgIpc) is 2.49. The normalized spacial score (nSPS) is 26.5. The summed E-state index contributed by atoms with van der Waals surface area (Å²) in [7, 11) is 0. The van der Waals surface area contributed by atoms with Crippen LogP contribution in [0.5, 0.6) is 5.75 Å². The van der Waals surface area contributed by atoms with Gasteiger partial charge in [0.15, 0.2) is 0 Å². The van der Waals surface area contributed by atoms with Crippen molar-refractivity contribution in [2.45, 2.75) is 45.2 Å². The zero-order chi connectivity index (χ0) is 14.8. The van der Waals surface area contributed by atoms with Crippen LogP contribution >= 0.6 is 0 Å². The number of anilines is 2. The first-order valence-corrected chi connectivity index (χ1v) is 8.22. The standard InChI is InChI=1S/C17H27N3O/c1-3-21-17-10-14(7-8-16(17)18)20-12-15-6-4-5-9-19(15)11-13(20)2/h7-8,10,13,15H,3-6,9,11-12,18H2,1-2H3. The van der Waals surface area contributed by atoms with E-state index in [1.807, 2.05) is 13.0 Å². The van der Waals surface area contributed by atoms with Gasteiger partial charge in [-0.15, -0.1) is 0 Å². The highest BCUT2D eigenvalue weighted by molar-refractivity contribution is 5.63. The van der Waals surface area contributed by atoms with Crippen LogP contribution in [-0.2, 0) is 0 Å². The van der Waals surface area contributed by atoms with Gasteiger partial charge in [-0.05, 0) is 45.4 Å². The molecule has 0 amide bonds. The summed E-state index contributed by atoms with van der Waals surface area (Å²) in [6, 6.07) is 7.46. The fourth-order valence-electron chi connectivity index (χ4n) is 3.69. The third-order valence-corrected chi connectivity index (χ3v) is 4.82. The van der Waals surface area contributed by atoms with Gasteiger partial charge >= 0.3 is 0 Å². The van der Waals surface area contributed by atoms with E-state index in [9.17, 15) is 0 Å². The van der Waals surface area contributed by atoms with Gasteiger partial charge in [-0.3, -0.25) is 4.90 Å². The van der Waals surface area contributed by atoms with Crippen molar-refractivity contribution in [1.82, 2.24) is 4.90 Å². The molecule has 4 heteroatoms. The van der Waals surface area contributed by atoms with Gasteiger partial charge in [0.05, 0.1) is 12.3 Å². The maximum Gasteiger partial charge on any atom is 0.144 e. The third-order valence-electron chi connectivity index (χ3n) is 4.82. The Morgan fingerprint density at radius 3 is 2.95 bits per heavy atom. The maximum atomic E-state index is 5.99. The molecule has 2 aliphatic heterocycles. The summed E-state index contributed by atoms with van der Waals surface area (Å²) in [6.45, 7) is 8.53. The monoisotopic (exact) mass is 289 g/mol. The van der Waals surface area contributed by atoms with Gasteiger partial charge in [-0.25, -0.2) is 0 Å². The minimum Gasteiger partial charge on any atom is -0.492 e. The molecular weight excluding hydrogens is 262 g/mol. The van der Waals surface area contributed by atoms with Crippen LogP contribution in [0.25, 0.3) is 0 Å². The largest absolute Gasteiger partial charge is 0.492 e. The number of ether oxygens (including phenoxy) is 1. The van der Waals surface area contributed by atoms with E-state index >= 15 is 0 Å². The van der Waals surface area contributed by atoms with E-state index < -0.39 is 0 Å². The number of fused-ring (bicyclic) bond motifs is 1. The molecule has 3 rings (SSSR count).